The minimum absolute atomic E-state index is 0.108. The highest BCUT2D eigenvalue weighted by atomic mass is 16.3. The summed E-state index contributed by atoms with van der Waals surface area (Å²) in [5, 5.41) is 0.534. The first-order chi connectivity index (χ1) is 14.4. The number of amides is 1. The zero-order chi connectivity index (χ0) is 21.4. The number of hydrogen-bond donors (Lipinski definition) is 0. The van der Waals surface area contributed by atoms with Gasteiger partial charge in [0, 0.05) is 6.54 Å². The minimum Gasteiger partial charge on any atom is -0.450 e. The van der Waals surface area contributed by atoms with Gasteiger partial charge in [-0.3, -0.25) is 9.59 Å². The molecule has 1 amide bonds. The predicted octanol–water partition coefficient (Wildman–Crippen LogP) is 4.16. The molecule has 0 aliphatic carbocycles. The molecule has 1 aliphatic heterocycles. The first kappa shape index (κ1) is 20.4. The van der Waals surface area contributed by atoms with Crippen LogP contribution >= 0.6 is 0 Å². The van der Waals surface area contributed by atoms with Crippen LogP contribution in [0.3, 0.4) is 0 Å². The van der Waals surface area contributed by atoms with Crippen LogP contribution in [0.5, 0.6) is 0 Å². The first-order valence-electron chi connectivity index (χ1n) is 10.5. The van der Waals surface area contributed by atoms with Crippen LogP contribution in [-0.2, 0) is 6.42 Å². The number of nitrogens with zero attached hydrogens (tertiary/aromatic N) is 2. The number of aryl methyl sites for hydroxylation is 2. The fourth-order valence-corrected chi connectivity index (χ4v) is 4.20. The summed E-state index contributed by atoms with van der Waals surface area (Å²) < 4.78 is 6.01. The molecule has 1 atom stereocenters. The van der Waals surface area contributed by atoms with E-state index in [4.69, 9.17) is 4.42 Å². The first-order valence-corrected chi connectivity index (χ1v) is 10.5. The molecule has 4 rings (SSSR count). The molecule has 0 radical (unpaired) electrons. The highest BCUT2D eigenvalue weighted by Gasteiger charge is 2.42. The summed E-state index contributed by atoms with van der Waals surface area (Å²) >= 11 is 0. The molecule has 5 heteroatoms. The van der Waals surface area contributed by atoms with Crippen LogP contribution in [0.1, 0.15) is 52.2 Å². The van der Waals surface area contributed by atoms with E-state index < -0.39 is 6.04 Å². The smallest absolute Gasteiger partial charge is 0.290 e. The lowest BCUT2D eigenvalue weighted by Crippen LogP contribution is -2.32. The third kappa shape index (κ3) is 3.54. The van der Waals surface area contributed by atoms with Gasteiger partial charge in [-0.2, -0.15) is 0 Å². The molecule has 0 N–H and O–H groups in total. The van der Waals surface area contributed by atoms with Crippen molar-refractivity contribution >= 4 is 16.9 Å². The SMILES string of the molecule is CCc1ccc([C@@H]2c3c(oc4ccc(C)cc4c3=O)C(=O)N2CCCN(C)C)cc1. The van der Waals surface area contributed by atoms with Gasteiger partial charge >= 0.3 is 0 Å². The second kappa shape index (κ2) is 8.07. The number of rotatable bonds is 6. The molecule has 2 aromatic carbocycles. The normalized spacial score (nSPS) is 16.0. The summed E-state index contributed by atoms with van der Waals surface area (Å²) in [7, 11) is 4.03. The predicted molar refractivity (Wildman–Crippen MR) is 119 cm³/mol. The highest BCUT2D eigenvalue weighted by Crippen LogP contribution is 2.38. The van der Waals surface area contributed by atoms with Gasteiger partial charge in [-0.1, -0.05) is 42.8 Å². The Morgan fingerprint density at radius 3 is 2.47 bits per heavy atom. The van der Waals surface area contributed by atoms with Gasteiger partial charge in [0.15, 0.2) is 5.43 Å². The van der Waals surface area contributed by atoms with Crippen molar-refractivity contribution in [3.63, 3.8) is 0 Å². The van der Waals surface area contributed by atoms with E-state index in [2.05, 4.69) is 24.0 Å². The molecule has 0 spiro atoms. The van der Waals surface area contributed by atoms with E-state index >= 15 is 0 Å². The Labute approximate surface area is 176 Å². The molecule has 0 fully saturated rings. The lowest BCUT2D eigenvalue weighted by Gasteiger charge is -2.26. The maximum Gasteiger partial charge on any atom is 0.290 e. The quantitative estimate of drug-likeness (QED) is 0.619. The van der Waals surface area contributed by atoms with E-state index in [1.54, 1.807) is 11.0 Å². The zero-order valence-corrected chi connectivity index (χ0v) is 18.1. The van der Waals surface area contributed by atoms with Crippen molar-refractivity contribution in [2.75, 3.05) is 27.2 Å². The van der Waals surface area contributed by atoms with Crippen LogP contribution in [0.2, 0.25) is 0 Å². The zero-order valence-electron chi connectivity index (χ0n) is 18.1. The average molecular weight is 405 g/mol. The monoisotopic (exact) mass is 404 g/mol. The van der Waals surface area contributed by atoms with E-state index in [-0.39, 0.29) is 17.1 Å². The summed E-state index contributed by atoms with van der Waals surface area (Å²) in [4.78, 5) is 30.7. The molecule has 0 saturated heterocycles. The Balaban J connectivity index is 1.86. The van der Waals surface area contributed by atoms with Gasteiger partial charge in [0.05, 0.1) is 17.0 Å². The minimum atomic E-state index is -0.415. The molecule has 0 unspecified atom stereocenters. The topological polar surface area (TPSA) is 53.8 Å². The Kier molecular flexibility index (Phi) is 5.48. The number of benzene rings is 2. The Morgan fingerprint density at radius 2 is 1.80 bits per heavy atom. The lowest BCUT2D eigenvalue weighted by molar-refractivity contribution is 0.0722. The standard InChI is InChI=1S/C25H28N2O3/c1-5-17-8-10-18(11-9-17)22-21-23(28)19-15-16(2)7-12-20(19)30-24(21)25(29)27(22)14-6-13-26(3)4/h7-12,15,22H,5-6,13-14H2,1-4H3/t22-/m1/s1. The maximum absolute atomic E-state index is 13.5. The number of fused-ring (bicyclic) bond motifs is 2. The van der Waals surface area contributed by atoms with Crippen molar-refractivity contribution in [3.05, 3.63) is 80.7 Å². The second-order valence-electron chi connectivity index (χ2n) is 8.33. The van der Waals surface area contributed by atoms with Crippen molar-refractivity contribution in [3.8, 4) is 0 Å². The van der Waals surface area contributed by atoms with Crippen molar-refractivity contribution in [1.29, 1.82) is 0 Å². The number of carbonyl (C=O) groups is 1. The van der Waals surface area contributed by atoms with Gasteiger partial charge < -0.3 is 14.2 Å². The van der Waals surface area contributed by atoms with E-state index in [9.17, 15) is 9.59 Å². The van der Waals surface area contributed by atoms with Crippen molar-refractivity contribution < 1.29 is 9.21 Å². The Bertz CT molecular complexity index is 1150. The maximum atomic E-state index is 13.5. The van der Waals surface area contributed by atoms with E-state index in [1.165, 1.54) is 5.56 Å². The Morgan fingerprint density at radius 1 is 1.07 bits per heavy atom. The largest absolute Gasteiger partial charge is 0.450 e. The van der Waals surface area contributed by atoms with E-state index in [1.807, 2.05) is 45.3 Å². The fourth-order valence-electron chi connectivity index (χ4n) is 4.20. The van der Waals surface area contributed by atoms with Crippen molar-refractivity contribution in [1.82, 2.24) is 9.80 Å². The third-order valence-electron chi connectivity index (χ3n) is 5.83. The fraction of sp³-hybridized carbons (Fsp3) is 0.360. The van der Waals surface area contributed by atoms with Crippen LogP contribution in [0.15, 0.2) is 51.7 Å². The molecule has 2 heterocycles. The van der Waals surface area contributed by atoms with Gasteiger partial charge in [0.2, 0.25) is 5.76 Å². The van der Waals surface area contributed by atoms with Gasteiger partial charge in [0.25, 0.3) is 5.91 Å². The number of carbonyl (C=O) groups excluding carboxylic acids is 1. The highest BCUT2D eigenvalue weighted by molar-refractivity contribution is 5.99. The molecule has 0 saturated carbocycles. The summed E-state index contributed by atoms with van der Waals surface area (Å²) in [6, 6.07) is 13.3. The molecule has 156 valence electrons. The molecular weight excluding hydrogens is 376 g/mol. The molecule has 5 nitrogen and oxygen atoms in total. The second-order valence-corrected chi connectivity index (χ2v) is 8.33. The molecule has 1 aliphatic rings. The van der Waals surface area contributed by atoms with Crippen molar-refractivity contribution in [2.24, 2.45) is 0 Å². The lowest BCUT2D eigenvalue weighted by atomic mass is 9.97. The van der Waals surface area contributed by atoms with Gasteiger partial charge in [-0.25, -0.2) is 0 Å². The molecule has 3 aromatic rings. The van der Waals surface area contributed by atoms with Crippen LogP contribution in [0.4, 0.5) is 0 Å². The average Bonchev–Trinajstić information content (AvgIpc) is 3.01. The van der Waals surface area contributed by atoms with Gasteiger partial charge in [-0.15, -0.1) is 0 Å². The summed E-state index contributed by atoms with van der Waals surface area (Å²) in [5.74, 6) is -0.0151. The molecular formula is C25H28N2O3. The summed E-state index contributed by atoms with van der Waals surface area (Å²) in [6.45, 7) is 5.49. The van der Waals surface area contributed by atoms with Gasteiger partial charge in [0.1, 0.15) is 5.58 Å². The van der Waals surface area contributed by atoms with E-state index in [0.29, 0.717) is 23.1 Å². The molecule has 30 heavy (non-hydrogen) atoms. The van der Waals surface area contributed by atoms with Crippen LogP contribution in [0, 0.1) is 6.92 Å². The van der Waals surface area contributed by atoms with Crippen LogP contribution in [0.25, 0.3) is 11.0 Å². The number of hydrogen-bond acceptors (Lipinski definition) is 4. The summed E-state index contributed by atoms with van der Waals surface area (Å²) in [5.41, 5.74) is 3.99. The van der Waals surface area contributed by atoms with Crippen LogP contribution in [-0.4, -0.2) is 42.9 Å². The molecule has 1 aromatic heterocycles. The van der Waals surface area contributed by atoms with Gasteiger partial charge in [-0.05, 0) is 63.7 Å². The van der Waals surface area contributed by atoms with Crippen molar-refractivity contribution in [2.45, 2.75) is 32.7 Å². The van der Waals surface area contributed by atoms with E-state index in [0.717, 1.165) is 30.5 Å². The Hall–Kier alpha value is -2.92. The van der Waals surface area contributed by atoms with Crippen LogP contribution < -0.4 is 5.43 Å². The third-order valence-corrected chi connectivity index (χ3v) is 5.83. The molecule has 0 bridgehead atoms. The summed E-state index contributed by atoms with van der Waals surface area (Å²) in [6.07, 6.45) is 1.77.